The van der Waals surface area contributed by atoms with E-state index in [9.17, 15) is 0 Å². The zero-order valence-corrected chi connectivity index (χ0v) is 9.25. The molecule has 0 radical (unpaired) electrons. The predicted octanol–water partition coefficient (Wildman–Crippen LogP) is 1.47. The van der Waals surface area contributed by atoms with Crippen LogP contribution in [-0.2, 0) is 6.42 Å². The smallest absolute Gasteiger partial charge is 0.163 e. The Morgan fingerprint density at radius 2 is 2.07 bits per heavy atom. The van der Waals surface area contributed by atoms with E-state index in [2.05, 4.69) is 11.4 Å². The van der Waals surface area contributed by atoms with Crippen molar-refractivity contribution in [2.75, 3.05) is 27.3 Å². The van der Waals surface area contributed by atoms with Gasteiger partial charge in [0.15, 0.2) is 11.5 Å². The van der Waals surface area contributed by atoms with Crippen LogP contribution in [0.15, 0.2) is 18.2 Å². The van der Waals surface area contributed by atoms with Crippen LogP contribution < -0.4 is 14.8 Å². The maximum atomic E-state index is 5.39. The lowest BCUT2D eigenvalue weighted by Crippen LogP contribution is -2.43. The van der Waals surface area contributed by atoms with Crippen LogP contribution in [0.3, 0.4) is 0 Å². The minimum Gasteiger partial charge on any atom is -0.493 e. The molecule has 82 valence electrons. The molecule has 1 aromatic carbocycles. The number of hydrogen-bond donors (Lipinski definition) is 1. The van der Waals surface area contributed by atoms with Gasteiger partial charge in [-0.05, 0) is 37.1 Å². The first-order chi connectivity index (χ1) is 7.35. The highest BCUT2D eigenvalue weighted by Gasteiger charge is 2.20. The molecule has 1 N–H and O–H groups in total. The molecule has 1 aliphatic heterocycles. The zero-order valence-electron chi connectivity index (χ0n) is 9.25. The average molecular weight is 207 g/mol. The summed E-state index contributed by atoms with van der Waals surface area (Å²) < 4.78 is 10.7. The maximum Gasteiger partial charge on any atom is 0.163 e. The largest absolute Gasteiger partial charge is 0.493 e. The van der Waals surface area contributed by atoms with E-state index in [4.69, 9.17) is 9.47 Å². The summed E-state index contributed by atoms with van der Waals surface area (Å²) >= 11 is 0. The summed E-state index contributed by atoms with van der Waals surface area (Å²) in [6.07, 6.45) is 1.06. The Labute approximate surface area is 90.4 Å². The van der Waals surface area contributed by atoms with Crippen LogP contribution >= 0.6 is 0 Å². The van der Waals surface area contributed by atoms with E-state index in [1.807, 2.05) is 12.1 Å². The summed E-state index contributed by atoms with van der Waals surface area (Å²) in [5.74, 6) is 2.44. The lowest BCUT2D eigenvalue weighted by atomic mass is 9.94. The number of rotatable bonds is 4. The van der Waals surface area contributed by atoms with Crippen molar-refractivity contribution in [3.05, 3.63) is 23.8 Å². The van der Waals surface area contributed by atoms with Crippen molar-refractivity contribution in [2.45, 2.75) is 6.42 Å². The fourth-order valence-electron chi connectivity index (χ4n) is 1.92. The Kier molecular flexibility index (Phi) is 3.11. The van der Waals surface area contributed by atoms with Crippen molar-refractivity contribution < 1.29 is 9.47 Å². The molecular formula is C12H17NO2. The van der Waals surface area contributed by atoms with E-state index in [1.165, 1.54) is 5.56 Å². The van der Waals surface area contributed by atoms with Crippen molar-refractivity contribution >= 4 is 0 Å². The number of methoxy groups -OCH3 is 2. The van der Waals surface area contributed by atoms with Crippen molar-refractivity contribution in [1.29, 1.82) is 0 Å². The number of benzene rings is 1. The van der Waals surface area contributed by atoms with Crippen LogP contribution in [0.1, 0.15) is 5.56 Å². The van der Waals surface area contributed by atoms with Gasteiger partial charge in [-0.2, -0.15) is 0 Å². The van der Waals surface area contributed by atoms with Gasteiger partial charge in [0.05, 0.1) is 14.2 Å². The van der Waals surface area contributed by atoms with Crippen molar-refractivity contribution in [2.24, 2.45) is 5.92 Å². The fourth-order valence-corrected chi connectivity index (χ4v) is 1.92. The molecule has 0 unspecified atom stereocenters. The monoisotopic (exact) mass is 207 g/mol. The van der Waals surface area contributed by atoms with Gasteiger partial charge in [0.1, 0.15) is 0 Å². The van der Waals surface area contributed by atoms with Gasteiger partial charge in [0.25, 0.3) is 0 Å². The summed E-state index contributed by atoms with van der Waals surface area (Å²) in [5.41, 5.74) is 1.24. The first kappa shape index (κ1) is 10.3. The molecule has 1 aliphatic rings. The maximum absolute atomic E-state index is 5.39. The van der Waals surface area contributed by atoms with Gasteiger partial charge in [-0.25, -0.2) is 0 Å². The van der Waals surface area contributed by atoms with E-state index in [0.29, 0.717) is 0 Å². The summed E-state index contributed by atoms with van der Waals surface area (Å²) in [6, 6.07) is 6.06. The van der Waals surface area contributed by atoms with Crippen molar-refractivity contribution in [3.8, 4) is 11.5 Å². The number of nitrogens with one attached hydrogen (secondary N) is 1. The second-order valence-electron chi connectivity index (χ2n) is 3.88. The highest BCUT2D eigenvalue weighted by atomic mass is 16.5. The Bertz CT molecular complexity index is 334. The molecule has 0 amide bonds. The second kappa shape index (κ2) is 4.53. The molecule has 1 aromatic rings. The van der Waals surface area contributed by atoms with E-state index >= 15 is 0 Å². The molecule has 3 heteroatoms. The van der Waals surface area contributed by atoms with Gasteiger partial charge in [-0.3, -0.25) is 0 Å². The van der Waals surface area contributed by atoms with Crippen LogP contribution in [0, 0.1) is 5.92 Å². The number of para-hydroxylation sites is 1. The molecule has 0 aromatic heterocycles. The minimum atomic E-state index is 0.742. The summed E-state index contributed by atoms with van der Waals surface area (Å²) in [5, 5.41) is 3.28. The molecular weight excluding hydrogens is 190 g/mol. The zero-order chi connectivity index (χ0) is 10.7. The topological polar surface area (TPSA) is 30.5 Å². The van der Waals surface area contributed by atoms with Crippen molar-refractivity contribution in [3.63, 3.8) is 0 Å². The number of ether oxygens (including phenoxy) is 2. The molecule has 1 fully saturated rings. The summed E-state index contributed by atoms with van der Waals surface area (Å²) in [6.45, 7) is 2.22. The quantitative estimate of drug-likeness (QED) is 0.811. The molecule has 0 aliphatic carbocycles. The number of hydrogen-bond acceptors (Lipinski definition) is 3. The summed E-state index contributed by atoms with van der Waals surface area (Å²) in [4.78, 5) is 0. The Morgan fingerprint density at radius 1 is 1.27 bits per heavy atom. The minimum absolute atomic E-state index is 0.742. The van der Waals surface area contributed by atoms with Crippen LogP contribution in [-0.4, -0.2) is 27.3 Å². The van der Waals surface area contributed by atoms with Gasteiger partial charge >= 0.3 is 0 Å². The first-order valence-electron chi connectivity index (χ1n) is 5.25. The standard InChI is InChI=1S/C12H17NO2/c1-14-11-5-3-4-10(12(11)15-2)6-9-7-13-8-9/h3-5,9,13H,6-8H2,1-2H3. The molecule has 2 rings (SSSR count). The normalized spacial score (nSPS) is 15.9. The molecule has 0 bridgehead atoms. The van der Waals surface area contributed by atoms with Gasteiger partial charge in [-0.1, -0.05) is 12.1 Å². The third-order valence-corrected chi connectivity index (χ3v) is 2.86. The molecule has 1 heterocycles. The highest BCUT2D eigenvalue weighted by Crippen LogP contribution is 2.32. The second-order valence-corrected chi connectivity index (χ2v) is 3.88. The van der Waals surface area contributed by atoms with Gasteiger partial charge < -0.3 is 14.8 Å². The third kappa shape index (κ3) is 2.07. The predicted molar refractivity (Wildman–Crippen MR) is 59.6 cm³/mol. The molecule has 15 heavy (non-hydrogen) atoms. The Balaban J connectivity index is 2.20. The third-order valence-electron chi connectivity index (χ3n) is 2.86. The van der Waals surface area contributed by atoms with Crippen LogP contribution in [0.5, 0.6) is 11.5 Å². The molecule has 1 saturated heterocycles. The van der Waals surface area contributed by atoms with Gasteiger partial charge in [0, 0.05) is 0 Å². The average Bonchev–Trinajstić information content (AvgIpc) is 2.22. The fraction of sp³-hybridized carbons (Fsp3) is 0.500. The van der Waals surface area contributed by atoms with E-state index in [-0.39, 0.29) is 0 Å². The van der Waals surface area contributed by atoms with E-state index < -0.39 is 0 Å². The molecule has 3 nitrogen and oxygen atoms in total. The van der Waals surface area contributed by atoms with Crippen molar-refractivity contribution in [1.82, 2.24) is 5.32 Å². The Morgan fingerprint density at radius 3 is 2.60 bits per heavy atom. The lowest BCUT2D eigenvalue weighted by Gasteiger charge is -2.27. The molecule has 0 saturated carbocycles. The van der Waals surface area contributed by atoms with Crippen LogP contribution in [0.4, 0.5) is 0 Å². The van der Waals surface area contributed by atoms with Crippen LogP contribution in [0.2, 0.25) is 0 Å². The van der Waals surface area contributed by atoms with Crippen LogP contribution in [0.25, 0.3) is 0 Å². The van der Waals surface area contributed by atoms with Gasteiger partial charge in [0.2, 0.25) is 0 Å². The molecule has 0 spiro atoms. The summed E-state index contributed by atoms with van der Waals surface area (Å²) in [7, 11) is 3.37. The van der Waals surface area contributed by atoms with E-state index in [0.717, 1.165) is 36.9 Å². The lowest BCUT2D eigenvalue weighted by molar-refractivity contribution is 0.327. The molecule has 0 atom stereocenters. The van der Waals surface area contributed by atoms with E-state index in [1.54, 1.807) is 14.2 Å². The first-order valence-corrected chi connectivity index (χ1v) is 5.25. The highest BCUT2D eigenvalue weighted by molar-refractivity contribution is 5.46. The Hall–Kier alpha value is -1.22. The SMILES string of the molecule is COc1cccc(CC2CNC2)c1OC. The van der Waals surface area contributed by atoms with Gasteiger partial charge in [-0.15, -0.1) is 0 Å².